The van der Waals surface area contributed by atoms with Gasteiger partial charge in [0.05, 0.1) is 27.5 Å². The zero-order valence-corrected chi connectivity index (χ0v) is 22.8. The summed E-state index contributed by atoms with van der Waals surface area (Å²) >= 11 is 0. The number of alkyl halides is 3. The van der Waals surface area contributed by atoms with E-state index in [4.69, 9.17) is 10.7 Å². The van der Waals surface area contributed by atoms with E-state index in [1.54, 1.807) is 48.9 Å². The van der Waals surface area contributed by atoms with E-state index < -0.39 is 22.6 Å². The van der Waals surface area contributed by atoms with Crippen LogP contribution in [-0.2, 0) is 33.6 Å². The number of halogens is 3. The lowest BCUT2D eigenvalue weighted by Gasteiger charge is -2.20. The van der Waals surface area contributed by atoms with E-state index in [0.29, 0.717) is 59.5 Å². The van der Waals surface area contributed by atoms with Gasteiger partial charge < -0.3 is 16.0 Å². The molecule has 2 aromatic heterocycles. The van der Waals surface area contributed by atoms with Crippen LogP contribution in [0.15, 0.2) is 54.6 Å². The van der Waals surface area contributed by atoms with Gasteiger partial charge in [-0.05, 0) is 66.6 Å². The maximum Gasteiger partial charge on any atom is 0.416 e. The van der Waals surface area contributed by atoms with Crippen molar-refractivity contribution < 1.29 is 22.8 Å². The fraction of sp³-hybridized carbons (Fsp3) is 0.333. The lowest BCUT2D eigenvalue weighted by molar-refractivity contribution is -0.137. The van der Waals surface area contributed by atoms with Crippen LogP contribution < -0.4 is 11.1 Å². The van der Waals surface area contributed by atoms with Crippen molar-refractivity contribution in [2.45, 2.75) is 42.7 Å². The molecule has 2 aromatic carbocycles. The quantitative estimate of drug-likeness (QED) is 0.343. The number of hydrogen-bond acceptors (Lipinski definition) is 5. The van der Waals surface area contributed by atoms with Crippen molar-refractivity contribution in [3.63, 3.8) is 0 Å². The van der Waals surface area contributed by atoms with Gasteiger partial charge in [0, 0.05) is 26.8 Å². The highest BCUT2D eigenvalue weighted by molar-refractivity contribution is 6.03. The van der Waals surface area contributed by atoms with Crippen LogP contribution in [-0.4, -0.2) is 45.6 Å². The van der Waals surface area contributed by atoms with Crippen LogP contribution in [0.25, 0.3) is 22.2 Å². The molecule has 2 aliphatic rings. The molecule has 0 bridgehead atoms. The number of nitrogens with one attached hydrogen (secondary N) is 1. The molecule has 41 heavy (non-hydrogen) atoms. The van der Waals surface area contributed by atoms with Crippen LogP contribution in [0.3, 0.4) is 0 Å². The molecule has 4 aromatic rings. The Bertz CT molecular complexity index is 1700. The van der Waals surface area contributed by atoms with Crippen molar-refractivity contribution in [2.75, 3.05) is 25.1 Å². The minimum absolute atomic E-state index is 0.00160. The molecule has 6 rings (SSSR count). The Morgan fingerprint density at radius 2 is 1.66 bits per heavy atom. The van der Waals surface area contributed by atoms with E-state index in [2.05, 4.69) is 10.4 Å². The van der Waals surface area contributed by atoms with Crippen molar-refractivity contribution in [3.05, 3.63) is 71.4 Å². The number of amides is 2. The summed E-state index contributed by atoms with van der Waals surface area (Å²) in [6.07, 6.45) is -2.12. The molecular weight excluding hydrogens is 533 g/mol. The number of aromatic nitrogens is 3. The molecule has 212 valence electrons. The number of fused-ring (bicyclic) bond motifs is 1. The fourth-order valence-corrected chi connectivity index (χ4v) is 5.63. The topological polar surface area (TPSA) is 106 Å². The molecule has 8 nitrogen and oxygen atoms in total. The third-order valence-corrected chi connectivity index (χ3v) is 8.26. The number of pyridine rings is 1. The first-order valence-corrected chi connectivity index (χ1v) is 13.3. The summed E-state index contributed by atoms with van der Waals surface area (Å²) in [6, 6.07) is 14.0. The Hall–Kier alpha value is -4.41. The van der Waals surface area contributed by atoms with Gasteiger partial charge in [0.15, 0.2) is 11.5 Å². The molecule has 2 saturated carbocycles. The highest BCUT2D eigenvalue weighted by atomic mass is 19.4. The van der Waals surface area contributed by atoms with Gasteiger partial charge in [0.25, 0.3) is 0 Å². The van der Waals surface area contributed by atoms with E-state index in [1.807, 2.05) is 18.2 Å². The molecule has 0 atom stereocenters. The smallest absolute Gasteiger partial charge is 0.382 e. The number of likely N-dealkylation sites (N-methyl/N-ethyl adjacent to an activating group) is 1. The summed E-state index contributed by atoms with van der Waals surface area (Å²) in [7, 11) is 5.22. The van der Waals surface area contributed by atoms with E-state index in [-0.39, 0.29) is 11.8 Å². The predicted octanol–water partition coefficient (Wildman–Crippen LogP) is 5.03. The van der Waals surface area contributed by atoms with Crippen LogP contribution in [0.4, 0.5) is 24.7 Å². The number of rotatable bonds is 6. The van der Waals surface area contributed by atoms with Crippen LogP contribution in [0.5, 0.6) is 0 Å². The number of carbonyl (C=O) groups is 2. The van der Waals surface area contributed by atoms with Gasteiger partial charge in [-0.2, -0.15) is 18.3 Å². The minimum Gasteiger partial charge on any atom is -0.382 e. The summed E-state index contributed by atoms with van der Waals surface area (Å²) < 4.78 is 41.4. The second-order valence-corrected chi connectivity index (χ2v) is 11.2. The Balaban J connectivity index is 1.31. The average Bonchev–Trinajstić information content (AvgIpc) is 3.86. The number of anilines is 2. The molecule has 0 unspecified atom stereocenters. The van der Waals surface area contributed by atoms with Gasteiger partial charge in [-0.15, -0.1) is 0 Å². The molecule has 2 heterocycles. The largest absolute Gasteiger partial charge is 0.416 e. The Morgan fingerprint density at radius 1 is 1.00 bits per heavy atom. The number of benzene rings is 2. The Morgan fingerprint density at radius 3 is 2.24 bits per heavy atom. The third kappa shape index (κ3) is 4.39. The summed E-state index contributed by atoms with van der Waals surface area (Å²) in [5.74, 6) is -0.0275. The van der Waals surface area contributed by atoms with Gasteiger partial charge in [-0.3, -0.25) is 9.59 Å². The summed E-state index contributed by atoms with van der Waals surface area (Å²) in [5, 5.41) is 7.90. The summed E-state index contributed by atoms with van der Waals surface area (Å²) in [6.45, 7) is 0. The highest BCUT2D eigenvalue weighted by Crippen LogP contribution is 2.51. The van der Waals surface area contributed by atoms with Crippen LogP contribution in [0.1, 0.15) is 42.5 Å². The molecule has 11 heteroatoms. The van der Waals surface area contributed by atoms with Crippen molar-refractivity contribution in [1.82, 2.24) is 19.7 Å². The molecule has 0 spiro atoms. The van der Waals surface area contributed by atoms with Gasteiger partial charge >= 0.3 is 6.18 Å². The van der Waals surface area contributed by atoms with E-state index in [0.717, 1.165) is 23.3 Å². The van der Waals surface area contributed by atoms with Gasteiger partial charge in [0.2, 0.25) is 11.8 Å². The van der Waals surface area contributed by atoms with Crippen molar-refractivity contribution in [3.8, 4) is 11.1 Å². The van der Waals surface area contributed by atoms with E-state index >= 15 is 0 Å². The zero-order valence-electron chi connectivity index (χ0n) is 22.8. The maximum atomic E-state index is 13.3. The van der Waals surface area contributed by atoms with Gasteiger partial charge in [0.1, 0.15) is 0 Å². The van der Waals surface area contributed by atoms with Crippen LogP contribution >= 0.6 is 0 Å². The fourth-order valence-electron chi connectivity index (χ4n) is 5.63. The SMILES string of the molecule is CN(C)C(=O)C1(c2cc(-c3ccc(NC(=O)C4(c5cccc(C(F)(F)F)c5)CC4)cc3)c3c(N)nn(C)c3n2)CC1. The normalized spacial score (nSPS) is 16.8. The van der Waals surface area contributed by atoms with Gasteiger partial charge in [-0.25, -0.2) is 9.67 Å². The second-order valence-electron chi connectivity index (χ2n) is 11.2. The molecule has 0 radical (unpaired) electrons. The average molecular weight is 563 g/mol. The van der Waals surface area contributed by atoms with Crippen molar-refractivity contribution in [2.24, 2.45) is 7.05 Å². The van der Waals surface area contributed by atoms with Crippen molar-refractivity contribution in [1.29, 1.82) is 0 Å². The zero-order chi connectivity index (χ0) is 29.3. The second kappa shape index (κ2) is 9.05. The van der Waals surface area contributed by atoms with Crippen LogP contribution in [0.2, 0.25) is 0 Å². The molecule has 2 aliphatic carbocycles. The predicted molar refractivity (Wildman–Crippen MR) is 149 cm³/mol. The lowest BCUT2D eigenvalue weighted by atomic mass is 9.93. The molecule has 2 fully saturated rings. The number of carbonyl (C=O) groups excluding carboxylic acids is 2. The van der Waals surface area contributed by atoms with E-state index in [9.17, 15) is 22.8 Å². The molecule has 2 amide bonds. The number of aryl methyl sites for hydroxylation is 1. The number of nitrogens with two attached hydrogens (primary N) is 1. The van der Waals surface area contributed by atoms with E-state index in [1.165, 1.54) is 6.07 Å². The molecule has 3 N–H and O–H groups in total. The first-order chi connectivity index (χ1) is 19.4. The Kier molecular flexibility index (Phi) is 5.92. The third-order valence-electron chi connectivity index (χ3n) is 8.26. The molecular formula is C30H29F3N6O2. The molecule has 0 saturated heterocycles. The number of nitrogen functional groups attached to an aromatic ring is 1. The number of nitrogens with zero attached hydrogens (tertiary/aromatic N) is 4. The monoisotopic (exact) mass is 562 g/mol. The first-order valence-electron chi connectivity index (χ1n) is 13.3. The molecule has 0 aliphatic heterocycles. The van der Waals surface area contributed by atoms with Crippen LogP contribution in [0, 0.1) is 0 Å². The highest BCUT2D eigenvalue weighted by Gasteiger charge is 2.54. The number of hydrogen-bond donors (Lipinski definition) is 2. The maximum absolute atomic E-state index is 13.3. The summed E-state index contributed by atoms with van der Waals surface area (Å²) in [4.78, 5) is 32.7. The summed E-state index contributed by atoms with van der Waals surface area (Å²) in [5.41, 5.74) is 7.52. The Labute approximate surface area is 234 Å². The first kappa shape index (κ1) is 26.8. The minimum atomic E-state index is -4.48. The van der Waals surface area contributed by atoms with Crippen molar-refractivity contribution >= 4 is 34.4 Å². The van der Waals surface area contributed by atoms with Gasteiger partial charge in [-0.1, -0.05) is 30.3 Å². The lowest BCUT2D eigenvalue weighted by Crippen LogP contribution is -2.34. The standard InChI is InChI=1S/C30H29F3N6O2/c1-38(2)27(41)29(13-14-29)22-16-21(23-24(34)37-39(3)25(23)36-22)17-7-9-20(10-8-17)35-26(40)28(11-12-28)18-5-4-6-19(15-18)30(31,32)33/h4-10,15-16H,11-14H2,1-3H3,(H2,34,37)(H,35,40).